The zero-order chi connectivity index (χ0) is 14.8. The fourth-order valence-electron chi connectivity index (χ4n) is 1.36. The van der Waals surface area contributed by atoms with Gasteiger partial charge in [0, 0.05) is 0 Å². The van der Waals surface area contributed by atoms with Crippen molar-refractivity contribution in [3.05, 3.63) is 23.5 Å². The van der Waals surface area contributed by atoms with Gasteiger partial charge >= 0.3 is 5.97 Å². The summed E-state index contributed by atoms with van der Waals surface area (Å²) in [6.07, 6.45) is 1.60. The average Bonchev–Trinajstić information content (AvgIpc) is 2.26. The van der Waals surface area contributed by atoms with Crippen molar-refractivity contribution in [2.75, 3.05) is 7.11 Å². The van der Waals surface area contributed by atoms with Crippen molar-refractivity contribution >= 4 is 14.3 Å². The molecule has 0 N–H and O–H groups in total. The molecule has 1 aromatic heterocycles. The number of esters is 1. The standard InChI is InChI=1S/C14H23NO3Si/c1-10-8-11(9-15-12(10)13(16)17-5)18-19(6,7)14(2,3)4/h8-9H,1-7H3. The molecule has 0 aliphatic rings. The summed E-state index contributed by atoms with van der Waals surface area (Å²) in [6.45, 7) is 12.7. The van der Waals surface area contributed by atoms with Crippen LogP contribution in [0.3, 0.4) is 0 Å². The molecule has 0 atom stereocenters. The minimum absolute atomic E-state index is 0.127. The molecule has 1 rings (SSSR count). The molecule has 0 fully saturated rings. The van der Waals surface area contributed by atoms with Crippen molar-refractivity contribution in [3.63, 3.8) is 0 Å². The van der Waals surface area contributed by atoms with Gasteiger partial charge in [-0.15, -0.1) is 0 Å². The molecule has 5 heteroatoms. The molecule has 0 spiro atoms. The maximum absolute atomic E-state index is 11.5. The first-order chi connectivity index (χ1) is 8.58. The maximum atomic E-state index is 11.5. The largest absolute Gasteiger partial charge is 0.542 e. The van der Waals surface area contributed by atoms with E-state index in [1.165, 1.54) is 7.11 Å². The van der Waals surface area contributed by atoms with Crippen molar-refractivity contribution in [1.82, 2.24) is 4.98 Å². The first-order valence-corrected chi connectivity index (χ1v) is 9.23. The van der Waals surface area contributed by atoms with E-state index in [9.17, 15) is 4.79 Å². The molecular weight excluding hydrogens is 258 g/mol. The molecular formula is C14H23NO3Si. The predicted molar refractivity (Wildman–Crippen MR) is 78.1 cm³/mol. The first kappa shape index (κ1) is 15.7. The van der Waals surface area contributed by atoms with Gasteiger partial charge in [-0.3, -0.25) is 0 Å². The van der Waals surface area contributed by atoms with Crippen LogP contribution in [0.15, 0.2) is 12.3 Å². The highest BCUT2D eigenvalue weighted by molar-refractivity contribution is 6.74. The summed E-state index contributed by atoms with van der Waals surface area (Å²) >= 11 is 0. The zero-order valence-corrected chi connectivity index (χ0v) is 13.8. The number of pyridine rings is 1. The number of methoxy groups -OCH3 is 1. The van der Waals surface area contributed by atoms with E-state index in [0.717, 1.165) is 11.3 Å². The van der Waals surface area contributed by atoms with Gasteiger partial charge in [-0.1, -0.05) is 20.8 Å². The highest BCUT2D eigenvalue weighted by Crippen LogP contribution is 2.37. The van der Waals surface area contributed by atoms with Crippen molar-refractivity contribution < 1.29 is 14.0 Å². The number of carbonyl (C=O) groups excluding carboxylic acids is 1. The van der Waals surface area contributed by atoms with Crippen molar-refractivity contribution in [2.24, 2.45) is 0 Å². The molecule has 0 aliphatic heterocycles. The second-order valence-corrected chi connectivity index (χ2v) is 10.9. The van der Waals surface area contributed by atoms with Crippen LogP contribution in [0, 0.1) is 6.92 Å². The van der Waals surface area contributed by atoms with Crippen molar-refractivity contribution in [2.45, 2.75) is 45.8 Å². The van der Waals surface area contributed by atoms with E-state index in [0.29, 0.717) is 5.69 Å². The highest BCUT2D eigenvalue weighted by Gasteiger charge is 2.39. The molecule has 106 valence electrons. The lowest BCUT2D eigenvalue weighted by atomic mass is 10.2. The molecule has 0 amide bonds. The summed E-state index contributed by atoms with van der Waals surface area (Å²) in [6, 6.07) is 1.85. The lowest BCUT2D eigenvalue weighted by Crippen LogP contribution is -2.43. The number of aromatic nitrogens is 1. The molecule has 1 heterocycles. The number of ether oxygens (including phenoxy) is 1. The highest BCUT2D eigenvalue weighted by atomic mass is 28.4. The van der Waals surface area contributed by atoms with E-state index in [1.54, 1.807) is 6.20 Å². The first-order valence-electron chi connectivity index (χ1n) is 6.32. The third-order valence-corrected chi connectivity index (χ3v) is 7.97. The minimum Gasteiger partial charge on any atom is -0.542 e. The second kappa shape index (κ2) is 5.33. The average molecular weight is 281 g/mol. The van der Waals surface area contributed by atoms with E-state index >= 15 is 0 Å². The topological polar surface area (TPSA) is 48.4 Å². The fraction of sp³-hybridized carbons (Fsp3) is 0.571. The van der Waals surface area contributed by atoms with Crippen LogP contribution in [-0.4, -0.2) is 26.4 Å². The van der Waals surface area contributed by atoms with Crippen molar-refractivity contribution in [3.8, 4) is 5.75 Å². The monoisotopic (exact) mass is 281 g/mol. The van der Waals surface area contributed by atoms with Gasteiger partial charge in [0.2, 0.25) is 0 Å². The van der Waals surface area contributed by atoms with Gasteiger partial charge in [0.1, 0.15) is 5.75 Å². The number of aryl methyl sites for hydroxylation is 1. The van der Waals surface area contributed by atoms with E-state index in [4.69, 9.17) is 4.43 Å². The van der Waals surface area contributed by atoms with Gasteiger partial charge in [0.25, 0.3) is 8.32 Å². The lowest BCUT2D eigenvalue weighted by Gasteiger charge is -2.36. The van der Waals surface area contributed by atoms with E-state index < -0.39 is 14.3 Å². The Balaban J connectivity index is 3.00. The van der Waals surface area contributed by atoms with Crippen LogP contribution in [0.2, 0.25) is 18.1 Å². The summed E-state index contributed by atoms with van der Waals surface area (Å²) in [5.41, 5.74) is 1.10. The molecule has 0 radical (unpaired) electrons. The van der Waals surface area contributed by atoms with Crippen LogP contribution in [0.4, 0.5) is 0 Å². The van der Waals surface area contributed by atoms with Crippen LogP contribution in [0.25, 0.3) is 0 Å². The SMILES string of the molecule is COC(=O)c1ncc(O[Si](C)(C)C(C)(C)C)cc1C. The van der Waals surface area contributed by atoms with Gasteiger partial charge in [0.15, 0.2) is 5.69 Å². The number of nitrogens with zero attached hydrogens (tertiary/aromatic N) is 1. The fourth-order valence-corrected chi connectivity index (χ4v) is 2.37. The Morgan fingerprint density at radius 2 is 1.89 bits per heavy atom. The van der Waals surface area contributed by atoms with E-state index in [2.05, 4.69) is 43.6 Å². The second-order valence-electron chi connectivity index (χ2n) is 6.19. The normalized spacial score (nSPS) is 12.2. The van der Waals surface area contributed by atoms with Gasteiger partial charge < -0.3 is 9.16 Å². The summed E-state index contributed by atoms with van der Waals surface area (Å²) in [5.74, 6) is 0.299. The van der Waals surface area contributed by atoms with Crippen LogP contribution in [0.5, 0.6) is 5.75 Å². The molecule has 1 aromatic rings. The van der Waals surface area contributed by atoms with Crippen molar-refractivity contribution in [1.29, 1.82) is 0 Å². The van der Waals surface area contributed by atoms with E-state index in [1.807, 2.05) is 13.0 Å². The van der Waals surface area contributed by atoms with Crippen LogP contribution < -0.4 is 4.43 Å². The molecule has 0 saturated carbocycles. The number of hydrogen-bond donors (Lipinski definition) is 0. The summed E-state index contributed by atoms with van der Waals surface area (Å²) in [5, 5.41) is 0.127. The molecule has 0 aliphatic carbocycles. The minimum atomic E-state index is -1.88. The zero-order valence-electron chi connectivity index (χ0n) is 12.8. The summed E-state index contributed by atoms with van der Waals surface area (Å²) in [7, 11) is -0.527. The number of carbonyl (C=O) groups is 1. The Morgan fingerprint density at radius 1 is 1.32 bits per heavy atom. The smallest absolute Gasteiger partial charge is 0.356 e. The van der Waals surface area contributed by atoms with Gasteiger partial charge in [-0.05, 0) is 36.7 Å². The number of hydrogen-bond acceptors (Lipinski definition) is 4. The third kappa shape index (κ3) is 3.56. The summed E-state index contributed by atoms with van der Waals surface area (Å²) < 4.78 is 10.8. The van der Waals surface area contributed by atoms with Gasteiger partial charge in [-0.25, -0.2) is 9.78 Å². The van der Waals surface area contributed by atoms with E-state index in [-0.39, 0.29) is 5.04 Å². The Labute approximate surface area is 116 Å². The van der Waals surface area contributed by atoms with Crippen LogP contribution >= 0.6 is 0 Å². The Morgan fingerprint density at radius 3 is 2.32 bits per heavy atom. The van der Waals surface area contributed by atoms with Crippen LogP contribution in [0.1, 0.15) is 36.8 Å². The Bertz CT molecular complexity index is 478. The molecule has 0 unspecified atom stereocenters. The Kier molecular flexibility index (Phi) is 4.40. The molecule has 0 bridgehead atoms. The molecule has 19 heavy (non-hydrogen) atoms. The van der Waals surface area contributed by atoms with Gasteiger partial charge in [0.05, 0.1) is 13.3 Å². The quantitative estimate of drug-likeness (QED) is 0.628. The predicted octanol–water partition coefficient (Wildman–Crippen LogP) is 3.56. The van der Waals surface area contributed by atoms with Gasteiger partial charge in [-0.2, -0.15) is 0 Å². The Hall–Kier alpha value is -1.36. The third-order valence-electron chi connectivity index (χ3n) is 3.61. The molecule has 0 aromatic carbocycles. The summed E-state index contributed by atoms with van der Waals surface area (Å²) in [4.78, 5) is 15.6. The maximum Gasteiger partial charge on any atom is 0.356 e. The molecule has 0 saturated heterocycles. The molecule has 4 nitrogen and oxygen atoms in total. The van der Waals surface area contributed by atoms with Crippen LogP contribution in [-0.2, 0) is 4.74 Å². The lowest BCUT2D eigenvalue weighted by molar-refractivity contribution is 0.0593. The number of rotatable bonds is 3.